The highest BCUT2D eigenvalue weighted by Gasteiger charge is 2.00. The van der Waals surface area contributed by atoms with Gasteiger partial charge in [0.05, 0.1) is 11.7 Å². The number of aryl methyl sites for hydroxylation is 1. The van der Waals surface area contributed by atoms with Crippen molar-refractivity contribution in [2.45, 2.75) is 51.5 Å². The summed E-state index contributed by atoms with van der Waals surface area (Å²) in [6, 6.07) is 8.44. The number of para-hydroxylation sites is 1. The van der Waals surface area contributed by atoms with E-state index in [2.05, 4.69) is 50.0 Å². The molecule has 0 bridgehead atoms. The molecule has 1 heterocycles. The fraction of sp³-hybridized carbons (Fsp3) is 0.562. The van der Waals surface area contributed by atoms with Crippen LogP contribution >= 0.6 is 15.9 Å². The van der Waals surface area contributed by atoms with Gasteiger partial charge in [-0.05, 0) is 18.9 Å². The molecule has 3 heteroatoms. The van der Waals surface area contributed by atoms with E-state index in [1.54, 1.807) is 0 Å². The van der Waals surface area contributed by atoms with E-state index >= 15 is 0 Å². The molecule has 2 rings (SSSR count). The minimum atomic E-state index is 1.05. The molecule has 0 radical (unpaired) electrons. The van der Waals surface area contributed by atoms with E-state index < -0.39 is 0 Å². The highest BCUT2D eigenvalue weighted by molar-refractivity contribution is 9.09. The standard InChI is InChI=1S/C16H23BrN2/c17-12-8-4-2-1-3-5-9-13-19-16-11-7-6-10-15(16)14-18-19/h6-7,10-11,14H,1-5,8-9,12-13H2. The van der Waals surface area contributed by atoms with Crippen molar-refractivity contribution in [3.63, 3.8) is 0 Å². The summed E-state index contributed by atoms with van der Waals surface area (Å²) in [5.74, 6) is 0. The van der Waals surface area contributed by atoms with Gasteiger partial charge in [0, 0.05) is 17.3 Å². The normalized spacial score (nSPS) is 11.2. The molecule has 0 aliphatic heterocycles. The smallest absolute Gasteiger partial charge is 0.0682 e. The molecule has 0 atom stereocenters. The number of nitrogens with zero attached hydrogens (tertiary/aromatic N) is 2. The topological polar surface area (TPSA) is 17.8 Å². The Bertz CT molecular complexity index is 478. The van der Waals surface area contributed by atoms with Gasteiger partial charge in [-0.3, -0.25) is 4.68 Å². The Labute approximate surface area is 124 Å². The number of fused-ring (bicyclic) bond motifs is 1. The lowest BCUT2D eigenvalue weighted by Gasteiger charge is -2.04. The minimum Gasteiger partial charge on any atom is -0.265 e. The third kappa shape index (κ3) is 4.64. The van der Waals surface area contributed by atoms with Gasteiger partial charge >= 0.3 is 0 Å². The summed E-state index contributed by atoms with van der Waals surface area (Å²) in [6.07, 6.45) is 11.3. The molecule has 0 saturated heterocycles. The van der Waals surface area contributed by atoms with Crippen molar-refractivity contribution in [3.8, 4) is 0 Å². The second kappa shape index (κ2) is 8.36. The SMILES string of the molecule is BrCCCCCCCCCn1ncc2ccccc21. The Morgan fingerprint density at radius 2 is 1.58 bits per heavy atom. The number of aromatic nitrogens is 2. The first-order valence-electron chi connectivity index (χ1n) is 7.38. The predicted octanol–water partition coefficient (Wildman–Crippen LogP) is 5.16. The largest absolute Gasteiger partial charge is 0.265 e. The summed E-state index contributed by atoms with van der Waals surface area (Å²) in [6.45, 7) is 1.05. The van der Waals surface area contributed by atoms with Gasteiger partial charge in [-0.25, -0.2) is 0 Å². The highest BCUT2D eigenvalue weighted by atomic mass is 79.9. The number of halogens is 1. The van der Waals surface area contributed by atoms with Gasteiger partial charge in [-0.2, -0.15) is 5.10 Å². The van der Waals surface area contributed by atoms with Crippen molar-refractivity contribution in [2.24, 2.45) is 0 Å². The van der Waals surface area contributed by atoms with Crippen LogP contribution < -0.4 is 0 Å². The second-order valence-electron chi connectivity index (χ2n) is 5.09. The number of benzene rings is 1. The van der Waals surface area contributed by atoms with E-state index in [0.717, 1.165) is 11.9 Å². The van der Waals surface area contributed by atoms with Crippen LogP contribution in [-0.2, 0) is 6.54 Å². The summed E-state index contributed by atoms with van der Waals surface area (Å²) in [4.78, 5) is 0. The third-order valence-electron chi connectivity index (χ3n) is 3.55. The maximum atomic E-state index is 4.47. The van der Waals surface area contributed by atoms with E-state index in [4.69, 9.17) is 0 Å². The van der Waals surface area contributed by atoms with Crippen LogP contribution in [-0.4, -0.2) is 15.1 Å². The first kappa shape index (κ1) is 14.6. The maximum absolute atomic E-state index is 4.47. The predicted molar refractivity (Wildman–Crippen MR) is 85.8 cm³/mol. The molecule has 0 aliphatic rings. The van der Waals surface area contributed by atoms with Gasteiger partial charge < -0.3 is 0 Å². The molecule has 104 valence electrons. The van der Waals surface area contributed by atoms with Crippen LogP contribution in [0.15, 0.2) is 30.5 Å². The lowest BCUT2D eigenvalue weighted by molar-refractivity contribution is 0.532. The van der Waals surface area contributed by atoms with Gasteiger partial charge in [0.15, 0.2) is 0 Å². The second-order valence-corrected chi connectivity index (χ2v) is 5.88. The summed E-state index contributed by atoms with van der Waals surface area (Å²) in [7, 11) is 0. The number of hydrogen-bond acceptors (Lipinski definition) is 1. The van der Waals surface area contributed by atoms with Crippen LogP contribution in [0.25, 0.3) is 10.9 Å². The quantitative estimate of drug-likeness (QED) is 0.460. The molecule has 19 heavy (non-hydrogen) atoms. The van der Waals surface area contributed by atoms with E-state index in [9.17, 15) is 0 Å². The first-order chi connectivity index (χ1) is 9.42. The molecule has 0 fully saturated rings. The average Bonchev–Trinajstić information content (AvgIpc) is 2.85. The maximum Gasteiger partial charge on any atom is 0.0682 e. The lowest BCUT2D eigenvalue weighted by Crippen LogP contribution is -1.99. The van der Waals surface area contributed by atoms with E-state index in [1.165, 1.54) is 55.8 Å². The van der Waals surface area contributed by atoms with E-state index in [-0.39, 0.29) is 0 Å². The first-order valence-corrected chi connectivity index (χ1v) is 8.50. The van der Waals surface area contributed by atoms with E-state index in [0.29, 0.717) is 0 Å². The molecule has 0 spiro atoms. The molecule has 2 nitrogen and oxygen atoms in total. The van der Waals surface area contributed by atoms with Crippen molar-refractivity contribution >= 4 is 26.8 Å². The Morgan fingerprint density at radius 3 is 2.37 bits per heavy atom. The van der Waals surface area contributed by atoms with Crippen LogP contribution in [0, 0.1) is 0 Å². The molecular formula is C16H23BrN2. The highest BCUT2D eigenvalue weighted by Crippen LogP contribution is 2.14. The van der Waals surface area contributed by atoms with Gasteiger partial charge in [-0.15, -0.1) is 0 Å². The van der Waals surface area contributed by atoms with Crippen molar-refractivity contribution in [3.05, 3.63) is 30.5 Å². The zero-order chi connectivity index (χ0) is 13.3. The number of hydrogen-bond donors (Lipinski definition) is 0. The van der Waals surface area contributed by atoms with Crippen molar-refractivity contribution in [2.75, 3.05) is 5.33 Å². The number of rotatable bonds is 9. The number of alkyl halides is 1. The molecule has 0 unspecified atom stereocenters. The van der Waals surface area contributed by atoms with Gasteiger partial charge in [0.2, 0.25) is 0 Å². The Hall–Kier alpha value is -0.830. The lowest BCUT2D eigenvalue weighted by atomic mass is 10.1. The van der Waals surface area contributed by atoms with Gasteiger partial charge in [0.25, 0.3) is 0 Å². The monoisotopic (exact) mass is 322 g/mol. The van der Waals surface area contributed by atoms with Crippen LogP contribution in [0.1, 0.15) is 44.9 Å². The van der Waals surface area contributed by atoms with Crippen LogP contribution in [0.3, 0.4) is 0 Å². The van der Waals surface area contributed by atoms with Crippen LogP contribution in [0.2, 0.25) is 0 Å². The average molecular weight is 323 g/mol. The van der Waals surface area contributed by atoms with Crippen molar-refractivity contribution in [1.29, 1.82) is 0 Å². The zero-order valence-corrected chi connectivity index (χ0v) is 13.1. The van der Waals surface area contributed by atoms with Crippen molar-refractivity contribution in [1.82, 2.24) is 9.78 Å². The Morgan fingerprint density at radius 1 is 0.895 bits per heavy atom. The summed E-state index contributed by atoms with van der Waals surface area (Å²) >= 11 is 3.48. The van der Waals surface area contributed by atoms with Gasteiger partial charge in [0.1, 0.15) is 0 Å². The molecular weight excluding hydrogens is 300 g/mol. The molecule has 0 N–H and O–H groups in total. The molecule has 2 aromatic rings. The zero-order valence-electron chi connectivity index (χ0n) is 11.5. The number of unbranched alkanes of at least 4 members (excludes halogenated alkanes) is 6. The van der Waals surface area contributed by atoms with Crippen LogP contribution in [0.4, 0.5) is 0 Å². The Kier molecular flexibility index (Phi) is 6.42. The minimum absolute atomic E-state index is 1.05. The Balaban J connectivity index is 1.63. The molecule has 0 saturated carbocycles. The third-order valence-corrected chi connectivity index (χ3v) is 4.12. The fourth-order valence-electron chi connectivity index (χ4n) is 2.44. The molecule has 1 aromatic heterocycles. The van der Waals surface area contributed by atoms with Crippen LogP contribution in [0.5, 0.6) is 0 Å². The van der Waals surface area contributed by atoms with Crippen molar-refractivity contribution < 1.29 is 0 Å². The molecule has 1 aromatic carbocycles. The van der Waals surface area contributed by atoms with Gasteiger partial charge in [-0.1, -0.05) is 66.2 Å². The molecule has 0 aliphatic carbocycles. The van der Waals surface area contributed by atoms with E-state index in [1.807, 2.05) is 6.20 Å². The summed E-state index contributed by atoms with van der Waals surface area (Å²) in [5.41, 5.74) is 1.26. The summed E-state index contributed by atoms with van der Waals surface area (Å²) in [5, 5.41) is 6.86. The molecule has 0 amide bonds. The summed E-state index contributed by atoms with van der Waals surface area (Å²) < 4.78 is 2.14. The fourth-order valence-corrected chi connectivity index (χ4v) is 2.84.